The molecular weight excluding hydrogens is 261 g/mol. The molecule has 0 aliphatic heterocycles. The molecule has 0 atom stereocenters. The van der Waals surface area contributed by atoms with E-state index in [0.717, 1.165) is 18.9 Å². The summed E-state index contributed by atoms with van der Waals surface area (Å²) in [6.07, 6.45) is 3.31. The Morgan fingerprint density at radius 2 is 2.10 bits per heavy atom. The quantitative estimate of drug-likeness (QED) is 0.666. The van der Waals surface area contributed by atoms with Crippen molar-refractivity contribution in [2.24, 2.45) is 0 Å². The fraction of sp³-hybridized carbons (Fsp3) is 0.571. The zero-order valence-electron chi connectivity index (χ0n) is 12.1. The molecule has 1 saturated carbocycles. The van der Waals surface area contributed by atoms with Crippen LogP contribution in [0.25, 0.3) is 0 Å². The van der Waals surface area contributed by atoms with E-state index in [2.05, 4.69) is 10.2 Å². The second kappa shape index (κ2) is 5.36. The van der Waals surface area contributed by atoms with Gasteiger partial charge in [0.2, 0.25) is 0 Å². The Morgan fingerprint density at radius 3 is 2.55 bits per heavy atom. The van der Waals surface area contributed by atoms with E-state index in [1.807, 2.05) is 14.1 Å². The number of hydrogen-bond donors (Lipinski definition) is 1. The number of likely N-dealkylation sites (N-methyl/N-ethyl adjacent to an activating group) is 1. The topological polar surface area (TPSA) is 58.4 Å². The molecule has 1 fully saturated rings. The van der Waals surface area contributed by atoms with E-state index in [-0.39, 0.29) is 11.2 Å². The zero-order chi connectivity index (χ0) is 14.9. The highest BCUT2D eigenvalue weighted by atomic mass is 19.1. The van der Waals surface area contributed by atoms with Crippen molar-refractivity contribution in [3.05, 3.63) is 33.6 Å². The van der Waals surface area contributed by atoms with E-state index in [1.54, 1.807) is 6.92 Å². The summed E-state index contributed by atoms with van der Waals surface area (Å²) in [5.74, 6) is -0.548. The third-order valence-electron chi connectivity index (χ3n) is 4.31. The van der Waals surface area contributed by atoms with Gasteiger partial charge in [0.1, 0.15) is 11.5 Å². The first kappa shape index (κ1) is 14.7. The summed E-state index contributed by atoms with van der Waals surface area (Å²) < 4.78 is 13.5. The van der Waals surface area contributed by atoms with Gasteiger partial charge in [-0.3, -0.25) is 10.1 Å². The first-order valence-corrected chi connectivity index (χ1v) is 6.71. The minimum atomic E-state index is -0.548. The van der Waals surface area contributed by atoms with Gasteiger partial charge in [0, 0.05) is 12.1 Å². The first-order valence-electron chi connectivity index (χ1n) is 6.71. The van der Waals surface area contributed by atoms with Crippen molar-refractivity contribution in [2.75, 3.05) is 26.0 Å². The normalized spacial score (nSPS) is 16.9. The van der Waals surface area contributed by atoms with Gasteiger partial charge in [-0.2, -0.15) is 0 Å². The number of nitrogens with zero attached hydrogens (tertiary/aromatic N) is 2. The van der Waals surface area contributed by atoms with Crippen LogP contribution < -0.4 is 5.32 Å². The summed E-state index contributed by atoms with van der Waals surface area (Å²) in [5.41, 5.74) is 0.643. The van der Waals surface area contributed by atoms with Gasteiger partial charge in [-0.1, -0.05) is 0 Å². The van der Waals surface area contributed by atoms with Crippen LogP contribution in [0, 0.1) is 22.9 Å². The lowest BCUT2D eigenvalue weighted by molar-refractivity contribution is -0.384. The molecule has 20 heavy (non-hydrogen) atoms. The number of aryl methyl sites for hydroxylation is 1. The SMILES string of the molecule is Cc1cc(NCC2(N(C)C)CCC2)c([N+](=O)[O-])cc1F. The minimum absolute atomic E-state index is 0.0517. The summed E-state index contributed by atoms with van der Waals surface area (Å²) in [4.78, 5) is 12.6. The molecular formula is C14H20FN3O2. The van der Waals surface area contributed by atoms with Crippen molar-refractivity contribution < 1.29 is 9.31 Å². The highest BCUT2D eigenvalue weighted by molar-refractivity contribution is 5.63. The molecule has 5 nitrogen and oxygen atoms in total. The molecule has 0 spiro atoms. The number of halogens is 1. The molecule has 1 aromatic carbocycles. The van der Waals surface area contributed by atoms with Crippen LogP contribution in [0.2, 0.25) is 0 Å². The maximum absolute atomic E-state index is 13.5. The van der Waals surface area contributed by atoms with Crippen LogP contribution in [-0.2, 0) is 0 Å². The Kier molecular flexibility index (Phi) is 3.94. The predicted molar refractivity (Wildman–Crippen MR) is 76.6 cm³/mol. The highest BCUT2D eigenvalue weighted by Gasteiger charge is 2.39. The van der Waals surface area contributed by atoms with Gasteiger partial charge in [-0.05, 0) is 51.9 Å². The molecule has 0 unspecified atom stereocenters. The van der Waals surface area contributed by atoms with Crippen LogP contribution in [0.4, 0.5) is 15.8 Å². The molecule has 1 aromatic rings. The largest absolute Gasteiger partial charge is 0.378 e. The number of nitro benzene ring substituents is 1. The number of benzene rings is 1. The smallest absolute Gasteiger partial charge is 0.295 e. The van der Waals surface area contributed by atoms with Crippen molar-refractivity contribution in [1.82, 2.24) is 4.90 Å². The first-order chi connectivity index (χ1) is 9.35. The fourth-order valence-corrected chi connectivity index (χ4v) is 2.59. The lowest BCUT2D eigenvalue weighted by atomic mass is 9.75. The summed E-state index contributed by atoms with van der Waals surface area (Å²) in [6, 6.07) is 2.50. The maximum Gasteiger partial charge on any atom is 0.295 e. The number of nitro groups is 1. The van der Waals surface area contributed by atoms with Gasteiger partial charge in [-0.15, -0.1) is 0 Å². The van der Waals surface area contributed by atoms with E-state index >= 15 is 0 Å². The molecule has 2 rings (SSSR count). The van der Waals surface area contributed by atoms with Crippen LogP contribution in [-0.4, -0.2) is 36.0 Å². The van der Waals surface area contributed by atoms with Crippen LogP contribution in [0.3, 0.4) is 0 Å². The fourth-order valence-electron chi connectivity index (χ4n) is 2.59. The van der Waals surface area contributed by atoms with Gasteiger partial charge < -0.3 is 10.2 Å². The molecule has 1 aliphatic carbocycles. The Labute approximate surface area is 117 Å². The Morgan fingerprint density at radius 1 is 1.45 bits per heavy atom. The van der Waals surface area contributed by atoms with Gasteiger partial charge in [0.25, 0.3) is 5.69 Å². The van der Waals surface area contributed by atoms with E-state index in [9.17, 15) is 14.5 Å². The molecule has 0 aromatic heterocycles. The van der Waals surface area contributed by atoms with Gasteiger partial charge in [0.15, 0.2) is 0 Å². The molecule has 1 N–H and O–H groups in total. The molecule has 110 valence electrons. The van der Waals surface area contributed by atoms with Crippen molar-refractivity contribution in [3.8, 4) is 0 Å². The Hall–Kier alpha value is -1.69. The van der Waals surface area contributed by atoms with Crippen molar-refractivity contribution in [2.45, 2.75) is 31.7 Å². The van der Waals surface area contributed by atoms with E-state index in [1.165, 1.54) is 12.5 Å². The third-order valence-corrected chi connectivity index (χ3v) is 4.31. The second-order valence-electron chi connectivity index (χ2n) is 5.70. The van der Waals surface area contributed by atoms with Crippen molar-refractivity contribution in [3.63, 3.8) is 0 Å². The van der Waals surface area contributed by atoms with Gasteiger partial charge in [0.05, 0.1) is 11.0 Å². The Bertz CT molecular complexity index is 527. The molecule has 0 saturated heterocycles. The Balaban J connectivity index is 2.21. The summed E-state index contributed by atoms with van der Waals surface area (Å²) >= 11 is 0. The molecule has 0 amide bonds. The lowest BCUT2D eigenvalue weighted by Crippen LogP contribution is -2.54. The van der Waals surface area contributed by atoms with Crippen molar-refractivity contribution in [1.29, 1.82) is 0 Å². The zero-order valence-corrected chi connectivity index (χ0v) is 12.1. The van der Waals surface area contributed by atoms with E-state index in [4.69, 9.17) is 0 Å². The van der Waals surface area contributed by atoms with Crippen LogP contribution in [0.1, 0.15) is 24.8 Å². The summed E-state index contributed by atoms with van der Waals surface area (Å²) in [7, 11) is 4.04. The number of rotatable bonds is 5. The summed E-state index contributed by atoms with van der Waals surface area (Å²) in [5, 5.41) is 14.2. The number of anilines is 1. The second-order valence-corrected chi connectivity index (χ2v) is 5.70. The maximum atomic E-state index is 13.5. The average molecular weight is 281 g/mol. The lowest BCUT2D eigenvalue weighted by Gasteiger charge is -2.47. The average Bonchev–Trinajstić information content (AvgIpc) is 2.30. The standard InChI is InChI=1S/C14H20FN3O2/c1-10-7-12(13(18(19)20)8-11(10)15)16-9-14(17(2)3)5-4-6-14/h7-8,16H,4-6,9H2,1-3H3. The molecule has 0 bridgehead atoms. The summed E-state index contributed by atoms with van der Waals surface area (Å²) in [6.45, 7) is 2.24. The monoisotopic (exact) mass is 281 g/mol. The number of nitrogens with one attached hydrogen (secondary N) is 1. The molecule has 0 radical (unpaired) electrons. The number of hydrogen-bond acceptors (Lipinski definition) is 4. The predicted octanol–water partition coefficient (Wildman–Crippen LogP) is 2.94. The van der Waals surface area contributed by atoms with E-state index in [0.29, 0.717) is 17.8 Å². The molecule has 0 heterocycles. The van der Waals surface area contributed by atoms with Crippen LogP contribution >= 0.6 is 0 Å². The van der Waals surface area contributed by atoms with Crippen molar-refractivity contribution >= 4 is 11.4 Å². The van der Waals surface area contributed by atoms with Gasteiger partial charge in [-0.25, -0.2) is 4.39 Å². The van der Waals surface area contributed by atoms with Crippen LogP contribution in [0.5, 0.6) is 0 Å². The van der Waals surface area contributed by atoms with Gasteiger partial charge >= 0.3 is 0 Å². The highest BCUT2D eigenvalue weighted by Crippen LogP contribution is 2.37. The minimum Gasteiger partial charge on any atom is -0.378 e. The van der Waals surface area contributed by atoms with Crippen LogP contribution in [0.15, 0.2) is 12.1 Å². The van der Waals surface area contributed by atoms with E-state index < -0.39 is 10.7 Å². The molecule has 1 aliphatic rings. The third kappa shape index (κ3) is 2.60. The molecule has 6 heteroatoms.